The lowest BCUT2D eigenvalue weighted by atomic mass is 10.2. The maximum absolute atomic E-state index is 12.2. The Morgan fingerprint density at radius 3 is 2.27 bits per heavy atom. The third-order valence-corrected chi connectivity index (χ3v) is 6.26. The summed E-state index contributed by atoms with van der Waals surface area (Å²) >= 11 is 11.2. The van der Waals surface area contributed by atoms with Gasteiger partial charge in [0.2, 0.25) is 5.91 Å². The van der Waals surface area contributed by atoms with E-state index in [0.717, 1.165) is 0 Å². The van der Waals surface area contributed by atoms with Crippen LogP contribution in [0.15, 0.2) is 65.6 Å². The molecule has 1 saturated heterocycles. The number of anilines is 2. The minimum absolute atomic E-state index is 0.244. The van der Waals surface area contributed by atoms with Crippen molar-refractivity contribution in [1.82, 2.24) is 19.8 Å². The van der Waals surface area contributed by atoms with E-state index in [-0.39, 0.29) is 11.6 Å². The lowest BCUT2D eigenvalue weighted by molar-refractivity contribution is -0.135. The molecule has 1 aromatic heterocycles. The van der Waals surface area contributed by atoms with Crippen LogP contribution in [-0.4, -0.2) is 69.9 Å². The largest absolute Gasteiger partial charge is 0.480 e. The highest BCUT2D eigenvalue weighted by molar-refractivity contribution is 6.38. The molecule has 0 aliphatic carbocycles. The highest BCUT2D eigenvalue weighted by atomic mass is 35.5. The Morgan fingerprint density at radius 2 is 1.73 bits per heavy atom. The number of carboxylic acids is 1. The molecule has 0 saturated carbocycles. The van der Waals surface area contributed by atoms with Crippen molar-refractivity contribution in [3.05, 3.63) is 86.9 Å². The summed E-state index contributed by atoms with van der Waals surface area (Å²) in [7, 11) is 3.39. The maximum Gasteiger partial charge on any atom is 0.349 e. The molecule has 1 aliphatic heterocycles. The summed E-state index contributed by atoms with van der Waals surface area (Å²) in [5.74, 6) is -0.778. The summed E-state index contributed by atoms with van der Waals surface area (Å²) < 4.78 is 1.42. The molecule has 3 aromatic rings. The minimum Gasteiger partial charge on any atom is -0.480 e. The fraction of sp³-hybridized carbons (Fsp3) is 0.259. The third kappa shape index (κ3) is 10.6. The number of rotatable bonds is 6. The van der Waals surface area contributed by atoms with Crippen molar-refractivity contribution in [3.8, 4) is 0 Å². The van der Waals surface area contributed by atoms with Crippen LogP contribution in [0.3, 0.4) is 0 Å². The molecule has 14 heteroatoms. The number of benzene rings is 2. The molecule has 2 aromatic carbocycles. The van der Waals surface area contributed by atoms with Gasteiger partial charge < -0.3 is 30.5 Å². The van der Waals surface area contributed by atoms with E-state index in [0.29, 0.717) is 52.8 Å². The normalized spacial score (nSPS) is 13.5. The maximum atomic E-state index is 12.2. The first-order valence-corrected chi connectivity index (χ1v) is 13.1. The third-order valence-electron chi connectivity index (χ3n) is 5.60. The number of carbonyl (C=O) groups is 4. The van der Waals surface area contributed by atoms with Crippen molar-refractivity contribution in [2.45, 2.75) is 18.9 Å². The molecule has 218 valence electrons. The lowest BCUT2D eigenvalue weighted by Gasteiger charge is -2.23. The topological polar surface area (TPSA) is 163 Å². The highest BCUT2D eigenvalue weighted by Crippen LogP contribution is 2.21. The molecule has 12 nitrogen and oxygen atoms in total. The first-order chi connectivity index (χ1) is 19.6. The van der Waals surface area contributed by atoms with Gasteiger partial charge in [-0.2, -0.15) is 4.98 Å². The number of nitrogens with zero attached hydrogens (tertiary/aromatic N) is 3. The molecule has 41 heavy (non-hydrogen) atoms. The van der Waals surface area contributed by atoms with E-state index in [2.05, 4.69) is 20.9 Å². The monoisotopic (exact) mass is 604 g/mol. The molecule has 1 aliphatic rings. The smallest absolute Gasteiger partial charge is 0.349 e. The van der Waals surface area contributed by atoms with Crippen LogP contribution in [0.1, 0.15) is 23.2 Å². The number of carbonyl (C=O) groups excluding carboxylic acids is 3. The summed E-state index contributed by atoms with van der Waals surface area (Å²) in [5.41, 5.74) is 0.776. The van der Waals surface area contributed by atoms with Gasteiger partial charge in [-0.3, -0.25) is 14.4 Å². The zero-order chi connectivity index (χ0) is 30.4. The Labute approximate surface area is 246 Å². The molecule has 1 unspecified atom stereocenters. The number of aromatic nitrogens is 2. The number of amides is 3. The van der Waals surface area contributed by atoms with Gasteiger partial charge in [0.05, 0.1) is 15.6 Å². The molecule has 4 N–H and O–H groups in total. The molecule has 0 radical (unpaired) electrons. The van der Waals surface area contributed by atoms with E-state index < -0.39 is 24.6 Å². The SMILES string of the molecule is CNc1ccn(C)c(=O)n1.O=C(O)CNC(=O)N1CCCC1C(=O)Nc1ccccc1.O=Cc1c(Cl)cccc1Cl. The number of nitrogens with one attached hydrogen (secondary N) is 3. The van der Waals surface area contributed by atoms with Crippen molar-refractivity contribution in [2.24, 2.45) is 7.05 Å². The number of urea groups is 1. The zero-order valence-corrected chi connectivity index (χ0v) is 23.9. The Balaban J connectivity index is 0.000000244. The molecule has 1 fully saturated rings. The van der Waals surface area contributed by atoms with Crippen LogP contribution in [0.4, 0.5) is 16.3 Å². The standard InChI is InChI=1S/C14H17N3O4.C7H4Cl2O.C6H9N3O/c18-12(19)9-15-14(21)17-8-4-7-11(17)13(20)16-10-5-2-1-3-6-10;8-6-2-1-3-7(9)5(6)4-10;1-7-5-3-4-9(2)6(10)8-5/h1-3,5-6,11H,4,7-9H2,(H,15,21)(H,16,20)(H,18,19);1-4H;3-4H,1-2H3,(H,7,8,10). The minimum atomic E-state index is -1.12. The van der Waals surface area contributed by atoms with Crippen LogP contribution in [0.25, 0.3) is 0 Å². The van der Waals surface area contributed by atoms with Crippen molar-refractivity contribution in [3.63, 3.8) is 0 Å². The Bertz CT molecular complexity index is 1380. The Kier molecular flexibility index (Phi) is 13.3. The number of hydrogen-bond acceptors (Lipinski definition) is 7. The van der Waals surface area contributed by atoms with Crippen LogP contribution in [-0.2, 0) is 16.6 Å². The first kappa shape index (κ1) is 32.8. The summed E-state index contributed by atoms with van der Waals surface area (Å²) in [6.45, 7) is -0.0132. The number of carboxylic acid groups (broad SMARTS) is 1. The van der Waals surface area contributed by atoms with Gasteiger partial charge in [0.15, 0.2) is 6.29 Å². The Hall–Kier alpha value is -4.42. The predicted octanol–water partition coefficient (Wildman–Crippen LogP) is 3.51. The van der Waals surface area contributed by atoms with Crippen LogP contribution in [0.5, 0.6) is 0 Å². The second-order valence-corrected chi connectivity index (χ2v) is 9.28. The van der Waals surface area contributed by atoms with E-state index in [1.54, 1.807) is 56.7 Å². The van der Waals surface area contributed by atoms with E-state index in [1.807, 2.05) is 18.2 Å². The second-order valence-electron chi connectivity index (χ2n) is 8.47. The van der Waals surface area contributed by atoms with Crippen LogP contribution in [0, 0.1) is 0 Å². The van der Waals surface area contributed by atoms with E-state index >= 15 is 0 Å². The summed E-state index contributed by atoms with van der Waals surface area (Å²) in [4.78, 5) is 60.7. The van der Waals surface area contributed by atoms with E-state index in [4.69, 9.17) is 28.3 Å². The van der Waals surface area contributed by atoms with Gasteiger partial charge in [-0.1, -0.05) is 47.5 Å². The first-order valence-electron chi connectivity index (χ1n) is 12.3. The number of hydrogen-bond donors (Lipinski definition) is 4. The number of para-hydroxylation sites is 1. The van der Waals surface area contributed by atoms with Gasteiger partial charge in [0, 0.05) is 32.5 Å². The van der Waals surface area contributed by atoms with Crippen molar-refractivity contribution in [1.29, 1.82) is 0 Å². The lowest BCUT2D eigenvalue weighted by Crippen LogP contribution is -2.48. The predicted molar refractivity (Wildman–Crippen MR) is 157 cm³/mol. The molecule has 0 spiro atoms. The number of aldehydes is 1. The highest BCUT2D eigenvalue weighted by Gasteiger charge is 2.34. The Morgan fingerprint density at radius 1 is 1.07 bits per heavy atom. The van der Waals surface area contributed by atoms with E-state index in [1.165, 1.54) is 9.47 Å². The second kappa shape index (κ2) is 16.6. The zero-order valence-electron chi connectivity index (χ0n) is 22.3. The van der Waals surface area contributed by atoms with Gasteiger partial charge >= 0.3 is 17.7 Å². The quantitative estimate of drug-likeness (QED) is 0.310. The average Bonchev–Trinajstić information content (AvgIpc) is 3.45. The van der Waals surface area contributed by atoms with Gasteiger partial charge in [0.25, 0.3) is 0 Å². The molecule has 3 amide bonds. The van der Waals surface area contributed by atoms with Gasteiger partial charge in [-0.05, 0) is 43.2 Å². The van der Waals surface area contributed by atoms with Crippen molar-refractivity contribution < 1.29 is 24.3 Å². The number of aliphatic carboxylic acids is 1. The van der Waals surface area contributed by atoms with Crippen LogP contribution >= 0.6 is 23.2 Å². The average molecular weight is 605 g/mol. The van der Waals surface area contributed by atoms with Crippen molar-refractivity contribution >= 4 is 58.9 Å². The van der Waals surface area contributed by atoms with Gasteiger partial charge in [-0.25, -0.2) is 9.59 Å². The molecule has 4 rings (SSSR count). The van der Waals surface area contributed by atoms with Crippen molar-refractivity contribution in [2.75, 3.05) is 30.8 Å². The number of aryl methyl sites for hydroxylation is 1. The van der Waals surface area contributed by atoms with Gasteiger partial charge in [0.1, 0.15) is 18.4 Å². The summed E-state index contributed by atoms with van der Waals surface area (Å²) in [6.07, 6.45) is 3.60. The number of likely N-dealkylation sites (tertiary alicyclic amines) is 1. The van der Waals surface area contributed by atoms with Gasteiger partial charge in [-0.15, -0.1) is 0 Å². The molecule has 0 bridgehead atoms. The molecule has 1 atom stereocenters. The summed E-state index contributed by atoms with van der Waals surface area (Å²) in [6, 6.07) is 14.6. The van der Waals surface area contributed by atoms with Crippen LogP contribution < -0.4 is 21.6 Å². The number of halogens is 2. The molecular weight excluding hydrogens is 575 g/mol. The molecule has 2 heterocycles. The fourth-order valence-corrected chi connectivity index (χ4v) is 4.00. The fourth-order valence-electron chi connectivity index (χ4n) is 3.51. The van der Waals surface area contributed by atoms with E-state index in [9.17, 15) is 24.0 Å². The van der Waals surface area contributed by atoms with Crippen LogP contribution in [0.2, 0.25) is 10.0 Å². The molecular formula is C27H30Cl2N6O6. The summed E-state index contributed by atoms with van der Waals surface area (Å²) in [5, 5.41) is 17.2.